The van der Waals surface area contributed by atoms with Crippen LogP contribution in [0.2, 0.25) is 5.02 Å². The van der Waals surface area contributed by atoms with E-state index >= 15 is 0 Å². The summed E-state index contributed by atoms with van der Waals surface area (Å²) in [6, 6.07) is 6.13. The number of pyridine rings is 1. The van der Waals surface area contributed by atoms with E-state index in [0.29, 0.717) is 10.7 Å². The zero-order chi connectivity index (χ0) is 13.8. The molecule has 1 heterocycles. The summed E-state index contributed by atoms with van der Waals surface area (Å²) < 4.78 is 26.7. The molecule has 2 aromatic rings. The first-order valence-electron chi connectivity index (χ1n) is 5.62. The van der Waals surface area contributed by atoms with E-state index in [2.05, 4.69) is 10.4 Å². The number of hydrazine groups is 1. The first-order valence-corrected chi connectivity index (χ1v) is 6.00. The highest BCUT2D eigenvalue weighted by Gasteiger charge is 2.17. The summed E-state index contributed by atoms with van der Waals surface area (Å²) in [4.78, 5) is 4.11. The van der Waals surface area contributed by atoms with E-state index in [1.54, 1.807) is 18.3 Å². The lowest BCUT2D eigenvalue weighted by Crippen LogP contribution is -2.30. The van der Waals surface area contributed by atoms with Crippen LogP contribution >= 0.6 is 11.6 Å². The predicted molar refractivity (Wildman–Crippen MR) is 69.4 cm³/mol. The molecule has 0 radical (unpaired) electrons. The van der Waals surface area contributed by atoms with Crippen molar-refractivity contribution in [2.45, 2.75) is 12.5 Å². The van der Waals surface area contributed by atoms with Crippen LogP contribution in [0.1, 0.15) is 17.3 Å². The summed E-state index contributed by atoms with van der Waals surface area (Å²) in [5.74, 6) is 4.45. The Kier molecular flexibility index (Phi) is 4.42. The molecule has 0 saturated heterocycles. The topological polar surface area (TPSA) is 50.9 Å². The minimum absolute atomic E-state index is 0.150. The zero-order valence-electron chi connectivity index (χ0n) is 9.91. The van der Waals surface area contributed by atoms with Gasteiger partial charge < -0.3 is 0 Å². The van der Waals surface area contributed by atoms with E-state index in [0.717, 1.165) is 18.2 Å². The van der Waals surface area contributed by atoms with Gasteiger partial charge in [0.25, 0.3) is 0 Å². The molecule has 1 aromatic heterocycles. The molecule has 3 N–H and O–H groups in total. The number of benzene rings is 1. The maximum Gasteiger partial charge on any atom is 0.126 e. The van der Waals surface area contributed by atoms with Crippen LogP contribution in [0, 0.1) is 11.6 Å². The van der Waals surface area contributed by atoms with E-state index < -0.39 is 17.7 Å². The van der Waals surface area contributed by atoms with Crippen LogP contribution in [-0.2, 0) is 6.42 Å². The van der Waals surface area contributed by atoms with Gasteiger partial charge in [0.1, 0.15) is 11.6 Å². The summed E-state index contributed by atoms with van der Waals surface area (Å²) in [6.07, 6.45) is 1.71. The fraction of sp³-hybridized carbons (Fsp3) is 0.154. The monoisotopic (exact) mass is 283 g/mol. The molecule has 6 heteroatoms. The van der Waals surface area contributed by atoms with Crippen LogP contribution < -0.4 is 11.3 Å². The molecule has 0 saturated carbocycles. The van der Waals surface area contributed by atoms with Gasteiger partial charge in [-0.1, -0.05) is 11.6 Å². The Morgan fingerprint density at radius 3 is 2.79 bits per heavy atom. The van der Waals surface area contributed by atoms with E-state index in [4.69, 9.17) is 17.4 Å². The number of rotatable bonds is 4. The van der Waals surface area contributed by atoms with Crippen molar-refractivity contribution in [1.29, 1.82) is 0 Å². The molecule has 2 rings (SSSR count). The maximum atomic E-state index is 13.6. The number of halogens is 3. The lowest BCUT2D eigenvalue weighted by molar-refractivity contribution is 0.514. The van der Waals surface area contributed by atoms with Gasteiger partial charge in [-0.15, -0.1) is 0 Å². The Balaban J connectivity index is 2.29. The van der Waals surface area contributed by atoms with Gasteiger partial charge in [-0.3, -0.25) is 16.3 Å². The first kappa shape index (κ1) is 13.9. The maximum absolute atomic E-state index is 13.6. The second-order valence-corrected chi connectivity index (χ2v) is 4.44. The summed E-state index contributed by atoms with van der Waals surface area (Å²) >= 11 is 6.01. The standard InChI is InChI=1S/C13H12ClF2N3/c14-10-2-1-5-18-13(10)12(19-17)7-8-6-9(15)3-4-11(8)16/h1-6,12,19H,7,17H2. The molecule has 100 valence electrons. The van der Waals surface area contributed by atoms with Gasteiger partial charge in [0.2, 0.25) is 0 Å². The van der Waals surface area contributed by atoms with Crippen molar-refractivity contribution in [2.75, 3.05) is 0 Å². The summed E-state index contributed by atoms with van der Waals surface area (Å²) in [5.41, 5.74) is 3.23. The molecule has 1 unspecified atom stereocenters. The first-order chi connectivity index (χ1) is 9.11. The van der Waals surface area contributed by atoms with Crippen molar-refractivity contribution in [3.63, 3.8) is 0 Å². The minimum atomic E-state index is -0.501. The molecule has 19 heavy (non-hydrogen) atoms. The summed E-state index contributed by atoms with van der Waals surface area (Å²) in [5, 5.41) is 0.419. The van der Waals surface area contributed by atoms with Gasteiger partial charge in [-0.2, -0.15) is 0 Å². The number of nitrogens with zero attached hydrogens (tertiary/aromatic N) is 1. The molecular weight excluding hydrogens is 272 g/mol. The third-order valence-corrected chi connectivity index (χ3v) is 3.07. The number of hydrogen-bond donors (Lipinski definition) is 2. The third-order valence-electron chi connectivity index (χ3n) is 2.75. The molecule has 1 atom stereocenters. The van der Waals surface area contributed by atoms with Gasteiger partial charge in [0.15, 0.2) is 0 Å². The summed E-state index contributed by atoms with van der Waals surface area (Å²) in [6.45, 7) is 0. The van der Waals surface area contributed by atoms with Crippen molar-refractivity contribution in [1.82, 2.24) is 10.4 Å². The molecule has 0 fully saturated rings. The van der Waals surface area contributed by atoms with Gasteiger partial charge in [0, 0.05) is 6.20 Å². The molecule has 0 aliphatic carbocycles. The molecule has 0 spiro atoms. The van der Waals surface area contributed by atoms with Crippen molar-refractivity contribution in [2.24, 2.45) is 5.84 Å². The van der Waals surface area contributed by atoms with Gasteiger partial charge in [-0.25, -0.2) is 8.78 Å². The van der Waals surface area contributed by atoms with Crippen LogP contribution in [0.3, 0.4) is 0 Å². The molecule has 0 aliphatic rings. The molecule has 1 aromatic carbocycles. The largest absolute Gasteiger partial charge is 0.271 e. The third kappa shape index (κ3) is 3.26. The highest BCUT2D eigenvalue weighted by atomic mass is 35.5. The second-order valence-electron chi connectivity index (χ2n) is 4.03. The Bertz CT molecular complexity index is 578. The average molecular weight is 284 g/mol. The fourth-order valence-electron chi connectivity index (χ4n) is 1.81. The fourth-order valence-corrected chi connectivity index (χ4v) is 2.06. The van der Waals surface area contributed by atoms with E-state index in [9.17, 15) is 8.78 Å². The van der Waals surface area contributed by atoms with Crippen LogP contribution in [-0.4, -0.2) is 4.98 Å². The SMILES string of the molecule is NNC(Cc1cc(F)ccc1F)c1ncccc1Cl. The zero-order valence-corrected chi connectivity index (χ0v) is 10.7. The van der Waals surface area contributed by atoms with Gasteiger partial charge in [-0.05, 0) is 42.3 Å². The van der Waals surface area contributed by atoms with Crippen LogP contribution in [0.4, 0.5) is 8.78 Å². The van der Waals surface area contributed by atoms with E-state index in [1.807, 2.05) is 0 Å². The van der Waals surface area contributed by atoms with Crippen molar-refractivity contribution < 1.29 is 8.78 Å². The highest BCUT2D eigenvalue weighted by molar-refractivity contribution is 6.31. The second kappa shape index (κ2) is 6.06. The van der Waals surface area contributed by atoms with E-state index in [-0.39, 0.29) is 12.0 Å². The van der Waals surface area contributed by atoms with Crippen LogP contribution in [0.25, 0.3) is 0 Å². The number of aromatic nitrogens is 1. The molecular formula is C13H12ClF2N3. The Morgan fingerprint density at radius 2 is 2.11 bits per heavy atom. The van der Waals surface area contributed by atoms with Gasteiger partial charge in [0.05, 0.1) is 16.8 Å². The number of hydrogen-bond acceptors (Lipinski definition) is 3. The summed E-state index contributed by atoms with van der Waals surface area (Å²) in [7, 11) is 0. The van der Waals surface area contributed by atoms with Crippen LogP contribution in [0.15, 0.2) is 36.5 Å². The van der Waals surface area contributed by atoms with Crippen LogP contribution in [0.5, 0.6) is 0 Å². The normalized spacial score (nSPS) is 12.4. The lowest BCUT2D eigenvalue weighted by Gasteiger charge is -2.17. The average Bonchev–Trinajstić information content (AvgIpc) is 2.41. The molecule has 0 amide bonds. The highest BCUT2D eigenvalue weighted by Crippen LogP contribution is 2.24. The lowest BCUT2D eigenvalue weighted by atomic mass is 10.0. The van der Waals surface area contributed by atoms with Crippen molar-refractivity contribution >= 4 is 11.6 Å². The number of nitrogens with two attached hydrogens (primary N) is 1. The molecule has 0 bridgehead atoms. The molecule has 0 aliphatic heterocycles. The Hall–Kier alpha value is -1.56. The van der Waals surface area contributed by atoms with Crippen molar-refractivity contribution in [3.8, 4) is 0 Å². The van der Waals surface area contributed by atoms with Crippen molar-refractivity contribution in [3.05, 3.63) is 64.4 Å². The predicted octanol–water partition coefficient (Wildman–Crippen LogP) is 2.76. The van der Waals surface area contributed by atoms with E-state index in [1.165, 1.54) is 0 Å². The Morgan fingerprint density at radius 1 is 1.32 bits per heavy atom. The van der Waals surface area contributed by atoms with Gasteiger partial charge >= 0.3 is 0 Å². The Labute approximate surface area is 114 Å². The molecule has 3 nitrogen and oxygen atoms in total. The smallest absolute Gasteiger partial charge is 0.126 e. The minimum Gasteiger partial charge on any atom is -0.271 e. The number of nitrogens with one attached hydrogen (secondary N) is 1. The quantitative estimate of drug-likeness (QED) is 0.670.